The maximum atomic E-state index is 5.65. The molecule has 0 radical (unpaired) electrons. The summed E-state index contributed by atoms with van der Waals surface area (Å²) in [4.78, 5) is 8.92. The molecule has 6 heteroatoms. The zero-order valence-corrected chi connectivity index (χ0v) is 14.6. The molecule has 6 nitrogen and oxygen atoms in total. The second kappa shape index (κ2) is 7.70. The maximum absolute atomic E-state index is 5.65. The van der Waals surface area contributed by atoms with Crippen LogP contribution in [0, 0.1) is 6.92 Å². The molecule has 0 bridgehead atoms. The topological polar surface area (TPSA) is 72.2 Å². The van der Waals surface area contributed by atoms with Gasteiger partial charge >= 0.3 is 0 Å². The molecule has 130 valence electrons. The summed E-state index contributed by atoms with van der Waals surface area (Å²) in [5.41, 5.74) is 1.78. The average molecular weight is 338 g/mol. The van der Waals surface area contributed by atoms with Crippen LogP contribution < -0.4 is 15.4 Å². The van der Waals surface area contributed by atoms with Crippen molar-refractivity contribution in [2.45, 2.75) is 33.4 Å². The zero-order chi connectivity index (χ0) is 17.6. The molecule has 0 unspecified atom stereocenters. The zero-order valence-electron chi connectivity index (χ0n) is 14.6. The Balaban J connectivity index is 1.67. The predicted octanol–water partition coefficient (Wildman–Crippen LogP) is 4.52. The first-order chi connectivity index (χ1) is 12.1. The summed E-state index contributed by atoms with van der Waals surface area (Å²) in [6.45, 7) is 6.52. The average Bonchev–Trinajstić information content (AvgIpc) is 3.07. The van der Waals surface area contributed by atoms with Gasteiger partial charge in [0.2, 0.25) is 5.95 Å². The third-order valence-corrected chi connectivity index (χ3v) is 3.36. The van der Waals surface area contributed by atoms with Crippen LogP contribution in [0.4, 0.5) is 17.5 Å². The van der Waals surface area contributed by atoms with E-state index in [1.807, 2.05) is 63.2 Å². The number of furan rings is 1. The highest BCUT2D eigenvalue weighted by atomic mass is 16.5. The molecule has 2 heterocycles. The van der Waals surface area contributed by atoms with Crippen LogP contribution in [0.3, 0.4) is 0 Å². The quantitative estimate of drug-likeness (QED) is 0.660. The molecule has 25 heavy (non-hydrogen) atoms. The Morgan fingerprint density at radius 1 is 1.12 bits per heavy atom. The number of benzene rings is 1. The molecule has 3 aromatic rings. The molecule has 2 N–H and O–H groups in total. The van der Waals surface area contributed by atoms with Gasteiger partial charge in [-0.1, -0.05) is 0 Å². The van der Waals surface area contributed by atoms with Crippen molar-refractivity contribution >= 4 is 17.5 Å². The Kier molecular flexibility index (Phi) is 5.18. The van der Waals surface area contributed by atoms with E-state index in [0.29, 0.717) is 12.5 Å². The van der Waals surface area contributed by atoms with Crippen molar-refractivity contribution in [1.82, 2.24) is 9.97 Å². The number of aromatic nitrogens is 2. The van der Waals surface area contributed by atoms with Crippen LogP contribution >= 0.6 is 0 Å². The van der Waals surface area contributed by atoms with E-state index in [2.05, 4.69) is 20.6 Å². The Bertz CT molecular complexity index is 799. The third kappa shape index (κ3) is 4.97. The van der Waals surface area contributed by atoms with Crippen molar-refractivity contribution in [2.24, 2.45) is 0 Å². The Morgan fingerprint density at radius 3 is 2.60 bits per heavy atom. The number of ether oxygens (including phenoxy) is 1. The minimum Gasteiger partial charge on any atom is -0.491 e. The molecule has 0 aliphatic rings. The van der Waals surface area contributed by atoms with Crippen molar-refractivity contribution in [2.75, 3.05) is 10.6 Å². The summed E-state index contributed by atoms with van der Waals surface area (Å²) < 4.78 is 11.0. The van der Waals surface area contributed by atoms with Gasteiger partial charge < -0.3 is 19.8 Å². The number of hydrogen-bond donors (Lipinski definition) is 2. The fraction of sp³-hybridized carbons (Fsp3) is 0.263. The number of anilines is 3. The highest BCUT2D eigenvalue weighted by Crippen LogP contribution is 2.20. The number of nitrogens with zero attached hydrogens (tertiary/aromatic N) is 2. The number of nitrogens with one attached hydrogen (secondary N) is 2. The molecule has 1 aromatic carbocycles. The molecule has 0 amide bonds. The lowest BCUT2D eigenvalue weighted by Gasteiger charge is -2.11. The highest BCUT2D eigenvalue weighted by molar-refractivity contribution is 5.56. The summed E-state index contributed by atoms with van der Waals surface area (Å²) in [5, 5.41) is 6.46. The normalized spacial score (nSPS) is 10.7. The van der Waals surface area contributed by atoms with Crippen molar-refractivity contribution in [1.29, 1.82) is 0 Å². The van der Waals surface area contributed by atoms with Crippen molar-refractivity contribution in [3.63, 3.8) is 0 Å². The van der Waals surface area contributed by atoms with Crippen molar-refractivity contribution in [3.8, 4) is 5.75 Å². The van der Waals surface area contributed by atoms with E-state index in [1.165, 1.54) is 0 Å². The summed E-state index contributed by atoms with van der Waals surface area (Å²) >= 11 is 0. The molecule has 0 aliphatic carbocycles. The first-order valence-corrected chi connectivity index (χ1v) is 8.24. The molecular formula is C19H22N4O2. The van der Waals surface area contributed by atoms with Crippen LogP contribution in [0.25, 0.3) is 0 Å². The molecule has 3 rings (SSSR count). The van der Waals surface area contributed by atoms with Crippen LogP contribution in [0.5, 0.6) is 5.75 Å². The van der Waals surface area contributed by atoms with E-state index in [9.17, 15) is 0 Å². The van der Waals surface area contributed by atoms with Gasteiger partial charge in [-0.2, -0.15) is 4.98 Å². The van der Waals surface area contributed by atoms with Crippen LogP contribution in [0.15, 0.2) is 53.1 Å². The second-order valence-corrected chi connectivity index (χ2v) is 5.97. The summed E-state index contributed by atoms with van der Waals surface area (Å²) in [5.74, 6) is 2.98. The summed E-state index contributed by atoms with van der Waals surface area (Å²) in [6.07, 6.45) is 1.81. The van der Waals surface area contributed by atoms with Gasteiger partial charge in [0.25, 0.3) is 0 Å². The Labute approximate surface area is 147 Å². The molecule has 2 aromatic heterocycles. The summed E-state index contributed by atoms with van der Waals surface area (Å²) in [6, 6.07) is 13.4. The SMILES string of the molecule is Cc1cc(NCc2ccco2)nc(Nc2ccc(OC(C)C)cc2)n1. The lowest BCUT2D eigenvalue weighted by molar-refractivity contribution is 0.242. The minimum atomic E-state index is 0.154. The Hall–Kier alpha value is -3.02. The highest BCUT2D eigenvalue weighted by Gasteiger charge is 2.05. The number of hydrogen-bond acceptors (Lipinski definition) is 6. The van der Waals surface area contributed by atoms with E-state index in [4.69, 9.17) is 9.15 Å². The third-order valence-electron chi connectivity index (χ3n) is 3.36. The fourth-order valence-electron chi connectivity index (χ4n) is 2.32. The van der Waals surface area contributed by atoms with Crippen molar-refractivity contribution in [3.05, 3.63) is 60.2 Å². The van der Waals surface area contributed by atoms with Gasteiger partial charge in [-0.25, -0.2) is 4.98 Å². The van der Waals surface area contributed by atoms with Gasteiger partial charge in [0, 0.05) is 17.4 Å². The molecule has 0 saturated carbocycles. The minimum absolute atomic E-state index is 0.154. The van der Waals surface area contributed by atoms with Crippen molar-refractivity contribution < 1.29 is 9.15 Å². The molecule has 0 fully saturated rings. The predicted molar refractivity (Wildman–Crippen MR) is 98.3 cm³/mol. The molecule has 0 aliphatic heterocycles. The molecule has 0 saturated heterocycles. The van der Waals surface area contributed by atoms with Crippen LogP contribution in [0.2, 0.25) is 0 Å². The van der Waals surface area contributed by atoms with Gasteiger partial charge in [-0.15, -0.1) is 0 Å². The molecule has 0 spiro atoms. The first kappa shape index (κ1) is 16.8. The van der Waals surface area contributed by atoms with Gasteiger partial charge in [0.1, 0.15) is 17.3 Å². The maximum Gasteiger partial charge on any atom is 0.229 e. The lowest BCUT2D eigenvalue weighted by Crippen LogP contribution is -2.06. The van der Waals surface area contributed by atoms with Gasteiger partial charge in [-0.3, -0.25) is 0 Å². The molecule has 0 atom stereocenters. The van der Waals surface area contributed by atoms with Crippen LogP contribution in [-0.4, -0.2) is 16.1 Å². The fourth-order valence-corrected chi connectivity index (χ4v) is 2.32. The Morgan fingerprint density at radius 2 is 1.92 bits per heavy atom. The van der Waals surface area contributed by atoms with E-state index >= 15 is 0 Å². The second-order valence-electron chi connectivity index (χ2n) is 5.97. The number of aryl methyl sites for hydroxylation is 1. The lowest BCUT2D eigenvalue weighted by atomic mass is 10.3. The molecular weight excluding hydrogens is 316 g/mol. The largest absolute Gasteiger partial charge is 0.491 e. The first-order valence-electron chi connectivity index (χ1n) is 8.24. The van der Waals surface area contributed by atoms with Gasteiger partial charge in [-0.05, 0) is 57.2 Å². The van der Waals surface area contributed by atoms with Gasteiger partial charge in [0.05, 0.1) is 18.9 Å². The van der Waals surface area contributed by atoms with Crippen LogP contribution in [0.1, 0.15) is 25.3 Å². The van der Waals surface area contributed by atoms with Crippen LogP contribution in [-0.2, 0) is 6.54 Å². The van der Waals surface area contributed by atoms with E-state index < -0.39 is 0 Å². The summed E-state index contributed by atoms with van der Waals surface area (Å²) in [7, 11) is 0. The smallest absolute Gasteiger partial charge is 0.229 e. The monoisotopic (exact) mass is 338 g/mol. The van der Waals surface area contributed by atoms with E-state index in [-0.39, 0.29) is 6.10 Å². The standard InChI is InChI=1S/C19H22N4O2/c1-13(2)25-16-8-6-15(7-9-16)22-19-21-14(3)11-18(23-19)20-12-17-5-4-10-24-17/h4-11,13H,12H2,1-3H3,(H2,20,21,22,23). The number of rotatable bonds is 7. The van der Waals surface area contributed by atoms with Gasteiger partial charge in [0.15, 0.2) is 0 Å². The van der Waals surface area contributed by atoms with E-state index in [1.54, 1.807) is 6.26 Å². The van der Waals surface area contributed by atoms with E-state index in [0.717, 1.165) is 28.7 Å².